The van der Waals surface area contributed by atoms with Gasteiger partial charge in [-0.3, -0.25) is 0 Å². The lowest BCUT2D eigenvalue weighted by Gasteiger charge is -2.29. The van der Waals surface area contributed by atoms with E-state index in [1.807, 2.05) is 20.8 Å². The predicted octanol–water partition coefficient (Wildman–Crippen LogP) is 2.00. The molecule has 2 unspecified atom stereocenters. The van der Waals surface area contributed by atoms with Gasteiger partial charge in [0, 0.05) is 0 Å². The Bertz CT molecular complexity index is 241. The SMILES string of the molecule is CC(C)C1CCCC(C)S1(=O)=O. The first-order valence-corrected chi connectivity index (χ1v) is 6.30. The first-order valence-electron chi connectivity index (χ1n) is 4.69. The van der Waals surface area contributed by atoms with Crippen molar-refractivity contribution in [3.63, 3.8) is 0 Å². The van der Waals surface area contributed by atoms with Crippen LogP contribution in [0.4, 0.5) is 0 Å². The zero-order chi connectivity index (χ0) is 9.35. The van der Waals surface area contributed by atoms with Crippen molar-refractivity contribution in [2.45, 2.75) is 50.5 Å². The molecular weight excluding hydrogens is 172 g/mol. The minimum absolute atomic E-state index is 0.0822. The van der Waals surface area contributed by atoms with Gasteiger partial charge in [0.05, 0.1) is 10.5 Å². The summed E-state index contributed by atoms with van der Waals surface area (Å²) in [6.07, 6.45) is 2.79. The van der Waals surface area contributed by atoms with Gasteiger partial charge in [0.2, 0.25) is 0 Å². The van der Waals surface area contributed by atoms with E-state index in [9.17, 15) is 8.42 Å². The van der Waals surface area contributed by atoms with E-state index in [0.717, 1.165) is 19.3 Å². The van der Waals surface area contributed by atoms with Gasteiger partial charge in [-0.2, -0.15) is 0 Å². The largest absolute Gasteiger partial charge is 0.228 e. The molecular formula is C9H18O2S. The lowest BCUT2D eigenvalue weighted by Crippen LogP contribution is -2.37. The summed E-state index contributed by atoms with van der Waals surface area (Å²) in [6, 6.07) is 0. The smallest absolute Gasteiger partial charge is 0.155 e. The topological polar surface area (TPSA) is 34.1 Å². The molecule has 1 heterocycles. The fraction of sp³-hybridized carbons (Fsp3) is 1.00. The summed E-state index contributed by atoms with van der Waals surface area (Å²) >= 11 is 0. The van der Waals surface area contributed by atoms with Crippen LogP contribution in [-0.2, 0) is 9.84 Å². The molecule has 3 heteroatoms. The maximum atomic E-state index is 11.8. The minimum Gasteiger partial charge on any atom is -0.228 e. The third kappa shape index (κ3) is 1.65. The van der Waals surface area contributed by atoms with Crippen LogP contribution in [0.2, 0.25) is 0 Å². The summed E-state index contributed by atoms with van der Waals surface area (Å²) in [7, 11) is -2.80. The van der Waals surface area contributed by atoms with Gasteiger partial charge in [-0.25, -0.2) is 8.42 Å². The van der Waals surface area contributed by atoms with Crippen LogP contribution in [0.5, 0.6) is 0 Å². The Morgan fingerprint density at radius 1 is 1.25 bits per heavy atom. The Hall–Kier alpha value is -0.0500. The molecule has 1 aliphatic heterocycles. The van der Waals surface area contributed by atoms with E-state index < -0.39 is 9.84 Å². The molecule has 0 amide bonds. The third-order valence-corrected chi connectivity index (χ3v) is 5.81. The summed E-state index contributed by atoms with van der Waals surface area (Å²) in [5.41, 5.74) is 0. The molecule has 0 saturated carbocycles. The lowest BCUT2D eigenvalue weighted by atomic mass is 10.0. The van der Waals surface area contributed by atoms with Crippen molar-refractivity contribution in [3.8, 4) is 0 Å². The molecule has 0 bridgehead atoms. The van der Waals surface area contributed by atoms with Crippen molar-refractivity contribution in [2.75, 3.05) is 0 Å². The van der Waals surface area contributed by atoms with Crippen LogP contribution in [0, 0.1) is 5.92 Å². The Morgan fingerprint density at radius 2 is 1.83 bits per heavy atom. The molecule has 0 spiro atoms. The number of sulfone groups is 1. The van der Waals surface area contributed by atoms with E-state index in [4.69, 9.17) is 0 Å². The molecule has 1 rings (SSSR count). The highest BCUT2D eigenvalue weighted by molar-refractivity contribution is 7.92. The molecule has 1 saturated heterocycles. The first kappa shape index (κ1) is 10.0. The lowest BCUT2D eigenvalue weighted by molar-refractivity contribution is 0.459. The maximum absolute atomic E-state index is 11.8. The van der Waals surface area contributed by atoms with Crippen LogP contribution < -0.4 is 0 Å². The molecule has 0 aromatic carbocycles. The predicted molar refractivity (Wildman–Crippen MR) is 50.9 cm³/mol. The molecule has 2 atom stereocenters. The second-order valence-corrected chi connectivity index (χ2v) is 6.70. The van der Waals surface area contributed by atoms with E-state index in [-0.39, 0.29) is 16.4 Å². The monoisotopic (exact) mass is 190 g/mol. The quantitative estimate of drug-likeness (QED) is 0.633. The van der Waals surface area contributed by atoms with Crippen LogP contribution in [0.25, 0.3) is 0 Å². The highest BCUT2D eigenvalue weighted by atomic mass is 32.2. The van der Waals surface area contributed by atoms with Crippen LogP contribution in [0.3, 0.4) is 0 Å². The fourth-order valence-corrected chi connectivity index (χ4v) is 4.29. The van der Waals surface area contributed by atoms with Gasteiger partial charge in [-0.15, -0.1) is 0 Å². The summed E-state index contributed by atoms with van der Waals surface area (Å²) in [4.78, 5) is 0. The van der Waals surface area contributed by atoms with E-state index in [2.05, 4.69) is 0 Å². The highest BCUT2D eigenvalue weighted by Crippen LogP contribution is 2.29. The van der Waals surface area contributed by atoms with Gasteiger partial charge in [0.15, 0.2) is 9.84 Å². The van der Waals surface area contributed by atoms with E-state index in [1.165, 1.54) is 0 Å². The number of hydrogen-bond donors (Lipinski definition) is 0. The molecule has 1 fully saturated rings. The number of rotatable bonds is 1. The Morgan fingerprint density at radius 3 is 2.25 bits per heavy atom. The summed E-state index contributed by atoms with van der Waals surface area (Å²) in [6.45, 7) is 5.84. The van der Waals surface area contributed by atoms with Gasteiger partial charge in [-0.05, 0) is 25.7 Å². The Balaban J connectivity index is 2.88. The highest BCUT2D eigenvalue weighted by Gasteiger charge is 2.36. The van der Waals surface area contributed by atoms with E-state index >= 15 is 0 Å². The summed E-state index contributed by atoms with van der Waals surface area (Å²) in [5, 5.41) is -0.195. The number of hydrogen-bond acceptors (Lipinski definition) is 2. The average molecular weight is 190 g/mol. The molecule has 1 aliphatic rings. The van der Waals surface area contributed by atoms with Crippen molar-refractivity contribution >= 4 is 9.84 Å². The van der Waals surface area contributed by atoms with Crippen molar-refractivity contribution in [1.29, 1.82) is 0 Å². The van der Waals surface area contributed by atoms with Crippen molar-refractivity contribution in [1.82, 2.24) is 0 Å². The average Bonchev–Trinajstić information content (AvgIpc) is 1.94. The molecule has 0 radical (unpaired) electrons. The Labute approximate surface area is 75.3 Å². The molecule has 0 N–H and O–H groups in total. The minimum atomic E-state index is -2.80. The zero-order valence-corrected chi connectivity index (χ0v) is 8.89. The fourth-order valence-electron chi connectivity index (χ4n) is 1.95. The molecule has 2 nitrogen and oxygen atoms in total. The molecule has 12 heavy (non-hydrogen) atoms. The van der Waals surface area contributed by atoms with Crippen molar-refractivity contribution in [2.24, 2.45) is 5.92 Å². The molecule has 72 valence electrons. The molecule has 0 aromatic heterocycles. The third-order valence-electron chi connectivity index (χ3n) is 2.83. The van der Waals surface area contributed by atoms with Crippen LogP contribution in [0.15, 0.2) is 0 Å². The second-order valence-electron chi connectivity index (χ2n) is 4.11. The summed E-state index contributed by atoms with van der Waals surface area (Å²) in [5.74, 6) is 0.276. The van der Waals surface area contributed by atoms with Gasteiger partial charge in [0.1, 0.15) is 0 Å². The Kier molecular flexibility index (Phi) is 2.81. The standard InChI is InChI=1S/C9H18O2S/c1-7(2)9-6-4-5-8(3)12(9,10)11/h7-9H,4-6H2,1-3H3. The van der Waals surface area contributed by atoms with E-state index in [1.54, 1.807) is 0 Å². The van der Waals surface area contributed by atoms with Crippen molar-refractivity contribution in [3.05, 3.63) is 0 Å². The van der Waals surface area contributed by atoms with Gasteiger partial charge < -0.3 is 0 Å². The normalized spacial score (nSPS) is 35.3. The van der Waals surface area contributed by atoms with Gasteiger partial charge in [0.25, 0.3) is 0 Å². The maximum Gasteiger partial charge on any atom is 0.155 e. The van der Waals surface area contributed by atoms with Gasteiger partial charge >= 0.3 is 0 Å². The van der Waals surface area contributed by atoms with Crippen LogP contribution >= 0.6 is 0 Å². The first-order chi connectivity index (χ1) is 5.46. The molecule has 0 aromatic rings. The second kappa shape index (κ2) is 3.36. The molecule has 0 aliphatic carbocycles. The van der Waals surface area contributed by atoms with Gasteiger partial charge in [-0.1, -0.05) is 20.3 Å². The van der Waals surface area contributed by atoms with Crippen LogP contribution in [-0.4, -0.2) is 18.9 Å². The van der Waals surface area contributed by atoms with E-state index in [0.29, 0.717) is 0 Å². The van der Waals surface area contributed by atoms with Crippen molar-refractivity contribution < 1.29 is 8.42 Å². The zero-order valence-electron chi connectivity index (χ0n) is 8.08. The summed E-state index contributed by atoms with van der Waals surface area (Å²) < 4.78 is 23.5. The van der Waals surface area contributed by atoms with Crippen LogP contribution in [0.1, 0.15) is 40.0 Å².